The van der Waals surface area contributed by atoms with E-state index in [4.69, 9.17) is 15.2 Å². The molecule has 4 rings (SSSR count). The Balaban J connectivity index is 1.54. The van der Waals surface area contributed by atoms with Crippen molar-refractivity contribution in [1.29, 1.82) is 0 Å². The van der Waals surface area contributed by atoms with Crippen LogP contribution in [-0.4, -0.2) is 71.3 Å². The van der Waals surface area contributed by atoms with E-state index >= 15 is 0 Å². The van der Waals surface area contributed by atoms with Crippen molar-refractivity contribution in [1.82, 2.24) is 24.6 Å². The van der Waals surface area contributed by atoms with Crippen LogP contribution < -0.4 is 10.6 Å². The van der Waals surface area contributed by atoms with Crippen molar-refractivity contribution < 1.29 is 29.0 Å². The third kappa shape index (κ3) is 7.07. The molecule has 13 heteroatoms. The van der Waals surface area contributed by atoms with Crippen molar-refractivity contribution in [2.24, 2.45) is 7.05 Å². The molecule has 226 valence electrons. The lowest BCUT2D eigenvalue weighted by atomic mass is 9.89. The number of hydrogen-bond donors (Lipinski definition) is 2. The number of benzene rings is 1. The van der Waals surface area contributed by atoms with Gasteiger partial charge in [-0.1, -0.05) is 6.07 Å². The highest BCUT2D eigenvalue weighted by molar-refractivity contribution is 5.89. The second-order valence-electron chi connectivity index (χ2n) is 12.5. The van der Waals surface area contributed by atoms with Crippen molar-refractivity contribution in [3.8, 4) is 11.3 Å². The number of ether oxygens (including phenoxy) is 2. The standard InChI is InChI=1S/C29H39N7O6/c1-28(2,3)41-26(39)36(27(40)42-29(4,5)6)20-11-9-19(10-12-20)35(25(37)38)24-31-16-18-14-17(8-13-21(18)32-24)22-15-23(30)33-34(22)7/h8,13-16,19-20H,9-12H2,1-7H3,(H2,30,33)(H,37,38)/t19-,20-. The fourth-order valence-electron chi connectivity index (χ4n) is 5.03. The van der Waals surface area contributed by atoms with E-state index in [1.807, 2.05) is 12.1 Å². The number of hydrogen-bond acceptors (Lipinski definition) is 9. The fourth-order valence-corrected chi connectivity index (χ4v) is 5.03. The summed E-state index contributed by atoms with van der Waals surface area (Å²) in [6.45, 7) is 10.3. The average molecular weight is 582 g/mol. The number of nitrogen functional groups attached to an aromatic ring is 1. The molecule has 1 aliphatic carbocycles. The molecule has 3 aromatic rings. The molecule has 42 heavy (non-hydrogen) atoms. The van der Waals surface area contributed by atoms with Crippen LogP contribution in [0.25, 0.3) is 22.2 Å². The number of anilines is 2. The minimum atomic E-state index is -1.18. The highest BCUT2D eigenvalue weighted by atomic mass is 16.6. The summed E-state index contributed by atoms with van der Waals surface area (Å²) in [5, 5.41) is 15.1. The SMILES string of the molecule is Cn1nc(N)cc1-c1ccc2nc(N(C(=O)O)[C@H]3CC[C@H](N(C(=O)OC(C)(C)C)C(=O)OC(C)(C)C)CC3)ncc2c1. The number of carbonyl (C=O) groups is 3. The van der Waals surface area contributed by atoms with Crippen LogP contribution in [0.2, 0.25) is 0 Å². The van der Waals surface area contributed by atoms with Crippen LogP contribution in [0.4, 0.5) is 26.1 Å². The summed E-state index contributed by atoms with van der Waals surface area (Å²) in [4.78, 5) is 49.7. The zero-order valence-electron chi connectivity index (χ0n) is 25.1. The zero-order chi connectivity index (χ0) is 31.0. The molecule has 0 radical (unpaired) electrons. The van der Waals surface area contributed by atoms with Gasteiger partial charge in [0.15, 0.2) is 0 Å². The average Bonchev–Trinajstić information content (AvgIpc) is 3.20. The number of aryl methyl sites for hydroxylation is 1. The number of nitrogens with two attached hydrogens (primary N) is 1. The maximum Gasteiger partial charge on any atom is 0.420 e. The third-order valence-electron chi connectivity index (χ3n) is 6.76. The number of rotatable bonds is 4. The van der Waals surface area contributed by atoms with E-state index in [2.05, 4.69) is 15.1 Å². The van der Waals surface area contributed by atoms with Gasteiger partial charge in [-0.15, -0.1) is 0 Å². The lowest BCUT2D eigenvalue weighted by Crippen LogP contribution is -2.52. The number of aromatic nitrogens is 4. The molecule has 1 saturated carbocycles. The monoisotopic (exact) mass is 581 g/mol. The number of carboxylic acid groups (broad SMARTS) is 1. The molecule has 0 bridgehead atoms. The van der Waals surface area contributed by atoms with Crippen molar-refractivity contribution in [3.05, 3.63) is 30.5 Å². The number of carbonyl (C=O) groups excluding carboxylic acids is 2. The number of fused-ring (bicyclic) bond motifs is 1. The van der Waals surface area contributed by atoms with Crippen LogP contribution in [0.1, 0.15) is 67.2 Å². The quantitative estimate of drug-likeness (QED) is 0.397. The molecular weight excluding hydrogens is 542 g/mol. The molecule has 3 N–H and O–H groups in total. The molecule has 3 amide bonds. The lowest BCUT2D eigenvalue weighted by Gasteiger charge is -2.38. The Morgan fingerprint density at radius 1 is 0.952 bits per heavy atom. The Hall–Kier alpha value is -4.42. The first-order valence-electron chi connectivity index (χ1n) is 13.9. The van der Waals surface area contributed by atoms with Crippen LogP contribution in [0, 0.1) is 0 Å². The maximum absolute atomic E-state index is 13.1. The van der Waals surface area contributed by atoms with E-state index in [1.165, 1.54) is 0 Å². The van der Waals surface area contributed by atoms with Gasteiger partial charge in [0.25, 0.3) is 0 Å². The number of imide groups is 1. The van der Waals surface area contributed by atoms with E-state index in [9.17, 15) is 19.5 Å². The molecule has 1 aromatic carbocycles. The predicted octanol–water partition coefficient (Wildman–Crippen LogP) is 5.58. The first-order valence-corrected chi connectivity index (χ1v) is 13.9. The summed E-state index contributed by atoms with van der Waals surface area (Å²) in [5.74, 6) is 0.471. The summed E-state index contributed by atoms with van der Waals surface area (Å²) in [6, 6.07) is 6.37. The van der Waals surface area contributed by atoms with Crippen LogP contribution in [-0.2, 0) is 16.5 Å². The van der Waals surface area contributed by atoms with Gasteiger partial charge in [0.2, 0.25) is 5.95 Å². The second kappa shape index (κ2) is 11.5. The van der Waals surface area contributed by atoms with Crippen molar-refractivity contribution in [3.63, 3.8) is 0 Å². The summed E-state index contributed by atoms with van der Waals surface area (Å²) in [7, 11) is 1.80. The highest BCUT2D eigenvalue weighted by Gasteiger charge is 2.40. The van der Waals surface area contributed by atoms with E-state index in [0.29, 0.717) is 37.0 Å². The van der Waals surface area contributed by atoms with E-state index < -0.39 is 41.6 Å². The predicted molar refractivity (Wildman–Crippen MR) is 157 cm³/mol. The second-order valence-corrected chi connectivity index (χ2v) is 12.5. The van der Waals surface area contributed by atoms with Crippen LogP contribution >= 0.6 is 0 Å². The van der Waals surface area contributed by atoms with Gasteiger partial charge in [0.1, 0.15) is 17.0 Å². The Bertz CT molecular complexity index is 1450. The molecular formula is C29H39N7O6. The lowest BCUT2D eigenvalue weighted by molar-refractivity contribution is -0.0112. The number of nitrogens with zero attached hydrogens (tertiary/aromatic N) is 6. The van der Waals surface area contributed by atoms with Crippen LogP contribution in [0.3, 0.4) is 0 Å². The maximum atomic E-state index is 13.1. The van der Waals surface area contributed by atoms with Gasteiger partial charge in [0, 0.05) is 42.3 Å². The van der Waals surface area contributed by atoms with Crippen molar-refractivity contribution >= 4 is 40.9 Å². The topological polar surface area (TPSA) is 166 Å². The van der Waals surface area contributed by atoms with Gasteiger partial charge in [-0.25, -0.2) is 34.2 Å². The molecule has 0 saturated heterocycles. The highest BCUT2D eigenvalue weighted by Crippen LogP contribution is 2.32. The van der Waals surface area contributed by atoms with E-state index in [-0.39, 0.29) is 5.95 Å². The first kappa shape index (κ1) is 30.5. The Morgan fingerprint density at radius 3 is 2.02 bits per heavy atom. The third-order valence-corrected chi connectivity index (χ3v) is 6.76. The molecule has 1 aliphatic rings. The summed E-state index contributed by atoms with van der Waals surface area (Å²) >= 11 is 0. The molecule has 2 aromatic heterocycles. The molecule has 0 aliphatic heterocycles. The normalized spacial score (nSPS) is 17.5. The van der Waals surface area contributed by atoms with Gasteiger partial charge in [0.05, 0.1) is 11.2 Å². The van der Waals surface area contributed by atoms with Crippen LogP contribution in [0.5, 0.6) is 0 Å². The largest absolute Gasteiger partial charge is 0.465 e. The zero-order valence-corrected chi connectivity index (χ0v) is 25.1. The smallest absolute Gasteiger partial charge is 0.420 e. The summed E-state index contributed by atoms with van der Waals surface area (Å²) in [5.41, 5.74) is 6.48. The minimum Gasteiger partial charge on any atom is -0.465 e. The van der Waals surface area contributed by atoms with Crippen LogP contribution in [0.15, 0.2) is 30.5 Å². The molecule has 1 fully saturated rings. The Kier molecular flexibility index (Phi) is 8.33. The van der Waals surface area contributed by atoms with Crippen molar-refractivity contribution in [2.45, 2.75) is 90.5 Å². The molecule has 0 atom stereocenters. The van der Waals surface area contributed by atoms with Crippen molar-refractivity contribution in [2.75, 3.05) is 10.6 Å². The Morgan fingerprint density at radius 2 is 1.52 bits per heavy atom. The van der Waals surface area contributed by atoms with Gasteiger partial charge in [-0.3, -0.25) is 4.68 Å². The van der Waals surface area contributed by atoms with Gasteiger partial charge >= 0.3 is 18.3 Å². The van der Waals surface area contributed by atoms with E-state index in [0.717, 1.165) is 26.4 Å². The first-order chi connectivity index (χ1) is 19.5. The summed E-state index contributed by atoms with van der Waals surface area (Å²) in [6.07, 6.45) is 0.298. The molecule has 13 nitrogen and oxygen atoms in total. The molecule has 0 unspecified atom stereocenters. The van der Waals surface area contributed by atoms with E-state index in [1.54, 1.807) is 71.6 Å². The van der Waals surface area contributed by atoms with Gasteiger partial charge in [-0.2, -0.15) is 5.10 Å². The summed E-state index contributed by atoms with van der Waals surface area (Å²) < 4.78 is 12.7. The molecule has 2 heterocycles. The molecule has 0 spiro atoms. The minimum absolute atomic E-state index is 0.0621. The fraction of sp³-hybridized carbons (Fsp3) is 0.517. The number of amides is 3. The van der Waals surface area contributed by atoms with Gasteiger partial charge in [-0.05, 0) is 79.4 Å². The Labute approximate surface area is 244 Å². The van der Waals surface area contributed by atoms with Gasteiger partial charge < -0.3 is 20.3 Å².